The maximum Gasteiger partial charge on any atom is 0.389 e. The largest absolute Gasteiger partial charge is 0.490 e. The van der Waals surface area contributed by atoms with Gasteiger partial charge in [-0.05, 0) is 18.1 Å². The molecule has 0 aliphatic heterocycles. The molecule has 5 nitrogen and oxygen atoms in total. The molecular formula is C11H13F3N2O3. The Hall–Kier alpha value is -1.83. The van der Waals surface area contributed by atoms with Crippen molar-refractivity contribution in [2.45, 2.75) is 25.1 Å². The van der Waals surface area contributed by atoms with E-state index in [2.05, 4.69) is 0 Å². The SMILES string of the molecule is COc1ccc([C@H](N)CCC(F)(F)F)cc1[N+](=O)[O-]. The number of nitro groups is 1. The van der Waals surface area contributed by atoms with Crippen LogP contribution in [0.3, 0.4) is 0 Å². The highest BCUT2D eigenvalue weighted by Gasteiger charge is 2.28. The number of halogens is 3. The molecule has 0 heterocycles. The highest BCUT2D eigenvalue weighted by Crippen LogP contribution is 2.32. The van der Waals surface area contributed by atoms with Crippen molar-refractivity contribution in [2.24, 2.45) is 5.73 Å². The second-order valence-corrected chi connectivity index (χ2v) is 3.95. The van der Waals surface area contributed by atoms with E-state index in [4.69, 9.17) is 10.5 Å². The molecule has 0 fully saturated rings. The molecule has 1 atom stereocenters. The summed E-state index contributed by atoms with van der Waals surface area (Å²) in [5.74, 6) is 0.0387. The van der Waals surface area contributed by atoms with Crippen LogP contribution in [0.5, 0.6) is 5.75 Å². The summed E-state index contributed by atoms with van der Waals surface area (Å²) in [6.45, 7) is 0. The summed E-state index contributed by atoms with van der Waals surface area (Å²) in [6, 6.07) is 2.97. The Morgan fingerprint density at radius 3 is 2.58 bits per heavy atom. The molecule has 0 aliphatic rings. The van der Waals surface area contributed by atoms with Crippen LogP contribution in [0, 0.1) is 10.1 Å². The molecule has 0 radical (unpaired) electrons. The summed E-state index contributed by atoms with van der Waals surface area (Å²) in [4.78, 5) is 10.1. The van der Waals surface area contributed by atoms with Gasteiger partial charge in [0.2, 0.25) is 0 Å². The van der Waals surface area contributed by atoms with Crippen molar-refractivity contribution in [1.29, 1.82) is 0 Å². The summed E-state index contributed by atoms with van der Waals surface area (Å²) in [5, 5.41) is 10.8. The lowest BCUT2D eigenvalue weighted by Gasteiger charge is -2.14. The number of nitrogens with zero attached hydrogens (tertiary/aromatic N) is 1. The topological polar surface area (TPSA) is 78.4 Å². The second kappa shape index (κ2) is 5.87. The van der Waals surface area contributed by atoms with Crippen LogP contribution in [-0.4, -0.2) is 18.2 Å². The van der Waals surface area contributed by atoms with Gasteiger partial charge in [-0.2, -0.15) is 13.2 Å². The average molecular weight is 278 g/mol. The van der Waals surface area contributed by atoms with Gasteiger partial charge < -0.3 is 10.5 Å². The Bertz CT molecular complexity index is 463. The van der Waals surface area contributed by atoms with Crippen LogP contribution >= 0.6 is 0 Å². The van der Waals surface area contributed by atoms with Crippen LogP contribution in [0.2, 0.25) is 0 Å². The molecule has 0 aliphatic carbocycles. The summed E-state index contributed by atoms with van der Waals surface area (Å²) < 4.78 is 41.0. The maximum absolute atomic E-state index is 12.1. The minimum Gasteiger partial charge on any atom is -0.490 e. The van der Waals surface area contributed by atoms with Crippen molar-refractivity contribution in [2.75, 3.05) is 7.11 Å². The Kier molecular flexibility index (Phi) is 4.71. The fourth-order valence-corrected chi connectivity index (χ4v) is 1.57. The quantitative estimate of drug-likeness (QED) is 0.663. The highest BCUT2D eigenvalue weighted by molar-refractivity contribution is 5.49. The minimum atomic E-state index is -4.30. The summed E-state index contributed by atoms with van der Waals surface area (Å²) in [5.41, 5.74) is 5.56. The molecule has 0 spiro atoms. The van der Waals surface area contributed by atoms with Crippen molar-refractivity contribution in [3.05, 3.63) is 33.9 Å². The average Bonchev–Trinajstić information content (AvgIpc) is 2.34. The first-order chi connectivity index (χ1) is 8.74. The molecule has 1 rings (SSSR count). The Balaban J connectivity index is 2.89. The van der Waals surface area contributed by atoms with Gasteiger partial charge in [0.15, 0.2) is 5.75 Å². The summed E-state index contributed by atoms with van der Waals surface area (Å²) in [6.07, 6.45) is -5.66. The van der Waals surface area contributed by atoms with Crippen LogP contribution in [0.1, 0.15) is 24.4 Å². The Morgan fingerprint density at radius 2 is 2.11 bits per heavy atom. The van der Waals surface area contributed by atoms with Gasteiger partial charge in [0.1, 0.15) is 0 Å². The fourth-order valence-electron chi connectivity index (χ4n) is 1.57. The standard InChI is InChI=1S/C11H13F3N2O3/c1-19-10-3-2-7(6-9(10)16(17)18)8(15)4-5-11(12,13)14/h2-3,6,8H,4-5,15H2,1H3/t8-/m1/s1. The monoisotopic (exact) mass is 278 g/mol. The molecule has 8 heteroatoms. The van der Waals surface area contributed by atoms with Gasteiger partial charge >= 0.3 is 11.9 Å². The zero-order valence-electron chi connectivity index (χ0n) is 10.1. The predicted molar refractivity (Wildman–Crippen MR) is 61.9 cm³/mol. The molecule has 0 saturated heterocycles. The second-order valence-electron chi connectivity index (χ2n) is 3.95. The molecule has 19 heavy (non-hydrogen) atoms. The first kappa shape index (κ1) is 15.2. The van der Waals surface area contributed by atoms with E-state index >= 15 is 0 Å². The smallest absolute Gasteiger partial charge is 0.389 e. The lowest BCUT2D eigenvalue weighted by Crippen LogP contribution is -2.16. The molecule has 1 aromatic rings. The van der Waals surface area contributed by atoms with E-state index < -0.39 is 23.6 Å². The summed E-state index contributed by atoms with van der Waals surface area (Å²) in [7, 11) is 1.27. The minimum absolute atomic E-state index is 0.0387. The number of ether oxygens (including phenoxy) is 1. The number of nitro benzene ring substituents is 1. The third-order valence-electron chi connectivity index (χ3n) is 2.57. The highest BCUT2D eigenvalue weighted by atomic mass is 19.4. The maximum atomic E-state index is 12.1. The predicted octanol–water partition coefficient (Wildman–Crippen LogP) is 2.95. The number of methoxy groups -OCH3 is 1. The van der Waals surface area contributed by atoms with E-state index in [0.29, 0.717) is 0 Å². The fraction of sp³-hybridized carbons (Fsp3) is 0.455. The van der Waals surface area contributed by atoms with Gasteiger partial charge in [0, 0.05) is 18.5 Å². The van der Waals surface area contributed by atoms with E-state index in [0.717, 1.165) is 6.07 Å². The molecule has 0 saturated carbocycles. The van der Waals surface area contributed by atoms with Crippen molar-refractivity contribution < 1.29 is 22.8 Å². The number of benzene rings is 1. The molecule has 0 unspecified atom stereocenters. The van der Waals surface area contributed by atoms with Gasteiger partial charge in [0.05, 0.1) is 12.0 Å². The van der Waals surface area contributed by atoms with Gasteiger partial charge in [-0.1, -0.05) is 6.07 Å². The third kappa shape index (κ3) is 4.40. The number of rotatable bonds is 5. The zero-order valence-corrected chi connectivity index (χ0v) is 10.1. The van der Waals surface area contributed by atoms with E-state index in [1.165, 1.54) is 19.2 Å². The number of hydrogen-bond donors (Lipinski definition) is 1. The number of nitrogens with two attached hydrogens (primary N) is 1. The first-order valence-electron chi connectivity index (χ1n) is 5.39. The lowest BCUT2D eigenvalue weighted by molar-refractivity contribution is -0.385. The van der Waals surface area contributed by atoms with Gasteiger partial charge in [0.25, 0.3) is 0 Å². The van der Waals surface area contributed by atoms with Gasteiger partial charge in [-0.15, -0.1) is 0 Å². The molecular weight excluding hydrogens is 265 g/mol. The van der Waals surface area contributed by atoms with Crippen LogP contribution in [0.4, 0.5) is 18.9 Å². The number of alkyl halides is 3. The first-order valence-corrected chi connectivity index (χ1v) is 5.39. The molecule has 0 aromatic heterocycles. The van der Waals surface area contributed by atoms with E-state index in [1.54, 1.807) is 0 Å². The third-order valence-corrected chi connectivity index (χ3v) is 2.57. The molecule has 1 aromatic carbocycles. The van der Waals surface area contributed by atoms with E-state index in [-0.39, 0.29) is 23.4 Å². The van der Waals surface area contributed by atoms with Crippen LogP contribution < -0.4 is 10.5 Å². The molecule has 106 valence electrons. The molecule has 0 amide bonds. The number of hydrogen-bond acceptors (Lipinski definition) is 4. The van der Waals surface area contributed by atoms with Gasteiger partial charge in [-0.3, -0.25) is 10.1 Å². The lowest BCUT2D eigenvalue weighted by atomic mass is 10.0. The van der Waals surface area contributed by atoms with E-state index in [1.807, 2.05) is 0 Å². The molecule has 0 bridgehead atoms. The van der Waals surface area contributed by atoms with Crippen molar-refractivity contribution in [1.82, 2.24) is 0 Å². The normalized spacial score (nSPS) is 13.1. The Morgan fingerprint density at radius 1 is 1.47 bits per heavy atom. The van der Waals surface area contributed by atoms with Crippen LogP contribution in [0.15, 0.2) is 18.2 Å². The van der Waals surface area contributed by atoms with Crippen molar-refractivity contribution >= 4 is 5.69 Å². The van der Waals surface area contributed by atoms with Crippen LogP contribution in [-0.2, 0) is 0 Å². The van der Waals surface area contributed by atoms with Crippen molar-refractivity contribution in [3.63, 3.8) is 0 Å². The van der Waals surface area contributed by atoms with E-state index in [9.17, 15) is 23.3 Å². The summed E-state index contributed by atoms with van der Waals surface area (Å²) >= 11 is 0. The molecule has 2 N–H and O–H groups in total. The van der Waals surface area contributed by atoms with Gasteiger partial charge in [-0.25, -0.2) is 0 Å². The zero-order chi connectivity index (χ0) is 14.6. The van der Waals surface area contributed by atoms with Crippen LogP contribution in [0.25, 0.3) is 0 Å². The van der Waals surface area contributed by atoms with Crippen molar-refractivity contribution in [3.8, 4) is 5.75 Å². The Labute approximate surface area is 107 Å².